The fourth-order valence-corrected chi connectivity index (χ4v) is 0.978. The number of hydrogen-bond acceptors (Lipinski definition) is 3. The second-order valence-corrected chi connectivity index (χ2v) is 2.35. The summed E-state index contributed by atoms with van der Waals surface area (Å²) in [5.41, 5.74) is 4.66. The van der Waals surface area contributed by atoms with Crippen molar-refractivity contribution in [3.05, 3.63) is 17.0 Å². The Morgan fingerprint density at radius 2 is 1.38 bits per heavy atom. The number of nitrogens with zero attached hydrogens (tertiary/aromatic N) is 2. The van der Waals surface area contributed by atoms with Crippen LogP contribution in [0.15, 0.2) is 0 Å². The monoisotopic (exact) mass is 191 g/mol. The maximum Gasteiger partial charge on any atom is 0.220 e. The lowest BCUT2D eigenvalue weighted by Gasteiger charge is -2.06. The maximum atomic E-state index is 12.3. The average Bonchev–Trinajstić information content (AvgIpc) is 2.16. The molecule has 6 heteroatoms. The molecule has 1 aromatic heterocycles. The smallest absolute Gasteiger partial charge is 0.220 e. The van der Waals surface area contributed by atoms with E-state index in [0.29, 0.717) is 0 Å². The van der Waals surface area contributed by atoms with Gasteiger partial charge < -0.3 is 5.73 Å². The predicted octanol–water partition coefficient (Wildman–Crippen LogP) is 1.47. The minimum Gasteiger partial charge on any atom is -0.368 e. The van der Waals surface area contributed by atoms with Gasteiger partial charge in [0.05, 0.1) is 11.4 Å². The second-order valence-electron chi connectivity index (χ2n) is 2.35. The zero-order valence-corrected chi connectivity index (χ0v) is 6.73. The lowest BCUT2D eigenvalue weighted by Crippen LogP contribution is -2.07. The maximum absolute atomic E-state index is 12.3. The molecule has 1 rings (SSSR count). The van der Waals surface area contributed by atoms with E-state index in [1.165, 1.54) is 0 Å². The van der Waals surface area contributed by atoms with E-state index in [2.05, 4.69) is 9.97 Å². The molecule has 0 aromatic carbocycles. The van der Waals surface area contributed by atoms with Crippen LogP contribution in [0.25, 0.3) is 0 Å². The van der Waals surface area contributed by atoms with Gasteiger partial charge in [-0.25, -0.2) is 23.1 Å². The molecule has 0 unspecified atom stereocenters. The van der Waals surface area contributed by atoms with Crippen LogP contribution in [-0.2, 0) is 20.0 Å². The van der Waals surface area contributed by atoms with Gasteiger partial charge in [-0.05, 0) is 0 Å². The molecule has 0 fully saturated rings. The minimum atomic E-state index is -0.987. The zero-order valence-electron chi connectivity index (χ0n) is 6.73. The van der Waals surface area contributed by atoms with Crippen molar-refractivity contribution in [3.8, 4) is 0 Å². The molecule has 0 amide bonds. The Morgan fingerprint density at radius 3 is 1.69 bits per heavy atom. The molecule has 72 valence electrons. The Labute approximate surface area is 72.8 Å². The lowest BCUT2D eigenvalue weighted by atomic mass is 10.2. The van der Waals surface area contributed by atoms with Crippen molar-refractivity contribution in [2.24, 2.45) is 0 Å². The molecule has 3 nitrogen and oxygen atoms in total. The first-order valence-electron chi connectivity index (χ1n) is 3.55. The highest BCUT2D eigenvalue weighted by molar-refractivity contribution is 5.30. The molecule has 1 heterocycles. The number of aromatic nitrogens is 2. The van der Waals surface area contributed by atoms with Gasteiger partial charge in [0.25, 0.3) is 0 Å². The highest BCUT2D eigenvalue weighted by Crippen LogP contribution is 2.16. The minimum absolute atomic E-state index is 0.140. The first-order chi connectivity index (χ1) is 6.22. The molecule has 0 saturated heterocycles. The molecule has 1 aromatic rings. The summed E-state index contributed by atoms with van der Waals surface area (Å²) in [5, 5.41) is 0. The number of rotatable bonds is 3. The van der Waals surface area contributed by atoms with E-state index >= 15 is 0 Å². The number of halogens is 3. The fourth-order valence-electron chi connectivity index (χ4n) is 0.978. The molecule has 2 N–H and O–H groups in total. The average molecular weight is 191 g/mol. The van der Waals surface area contributed by atoms with Crippen LogP contribution in [0.2, 0.25) is 0 Å². The van der Waals surface area contributed by atoms with Gasteiger partial charge in [0.15, 0.2) is 0 Å². The number of alkyl halides is 3. The van der Waals surface area contributed by atoms with E-state index in [4.69, 9.17) is 5.73 Å². The summed E-state index contributed by atoms with van der Waals surface area (Å²) < 4.78 is 36.8. The van der Waals surface area contributed by atoms with Crippen molar-refractivity contribution in [1.82, 2.24) is 9.97 Å². The predicted molar refractivity (Wildman–Crippen MR) is 40.9 cm³/mol. The Morgan fingerprint density at radius 1 is 0.923 bits per heavy atom. The van der Waals surface area contributed by atoms with Crippen molar-refractivity contribution < 1.29 is 13.2 Å². The molecule has 0 aliphatic rings. The first kappa shape index (κ1) is 9.76. The van der Waals surface area contributed by atoms with Gasteiger partial charge in [0, 0.05) is 5.56 Å². The van der Waals surface area contributed by atoms with Crippen molar-refractivity contribution >= 4 is 5.95 Å². The van der Waals surface area contributed by atoms with Crippen molar-refractivity contribution in [3.63, 3.8) is 0 Å². The van der Waals surface area contributed by atoms with Gasteiger partial charge in [-0.1, -0.05) is 0 Å². The van der Waals surface area contributed by atoms with E-state index in [9.17, 15) is 13.2 Å². The summed E-state index contributed by atoms with van der Waals surface area (Å²) in [6, 6.07) is 0. The molecule has 0 aliphatic heterocycles. The quantitative estimate of drug-likeness (QED) is 0.786. The third-order valence-electron chi connectivity index (χ3n) is 1.58. The van der Waals surface area contributed by atoms with E-state index in [-0.39, 0.29) is 22.9 Å². The van der Waals surface area contributed by atoms with Crippen LogP contribution in [-0.4, -0.2) is 9.97 Å². The molecule has 0 aliphatic carbocycles. The SMILES string of the molecule is Nc1nc(CF)c(CF)c(CF)n1. The Bertz CT molecular complexity index is 278. The van der Waals surface area contributed by atoms with Gasteiger partial charge >= 0.3 is 0 Å². The van der Waals surface area contributed by atoms with E-state index in [0.717, 1.165) is 0 Å². The molecular weight excluding hydrogens is 183 g/mol. The summed E-state index contributed by atoms with van der Waals surface area (Å²) in [4.78, 5) is 6.91. The summed E-state index contributed by atoms with van der Waals surface area (Å²) >= 11 is 0. The second kappa shape index (κ2) is 4.06. The van der Waals surface area contributed by atoms with Crippen LogP contribution < -0.4 is 5.73 Å². The van der Waals surface area contributed by atoms with Gasteiger partial charge in [0.2, 0.25) is 5.95 Å². The summed E-state index contributed by atoms with van der Waals surface area (Å²) in [5.74, 6) is -0.238. The number of hydrogen-bond donors (Lipinski definition) is 1. The van der Waals surface area contributed by atoms with Gasteiger partial charge in [-0.3, -0.25) is 0 Å². The summed E-state index contributed by atoms with van der Waals surface area (Å²) in [7, 11) is 0. The highest BCUT2D eigenvalue weighted by Gasteiger charge is 2.12. The molecule has 13 heavy (non-hydrogen) atoms. The molecule has 0 saturated carbocycles. The number of nitrogens with two attached hydrogens (primary N) is 1. The van der Waals surface area contributed by atoms with E-state index < -0.39 is 20.0 Å². The van der Waals surface area contributed by atoms with Crippen LogP contribution in [0.5, 0.6) is 0 Å². The zero-order chi connectivity index (χ0) is 9.84. The summed E-state index contributed by atoms with van der Waals surface area (Å²) in [6.07, 6.45) is 0. The Kier molecular flexibility index (Phi) is 3.05. The first-order valence-corrected chi connectivity index (χ1v) is 3.55. The Hall–Kier alpha value is -1.33. The largest absolute Gasteiger partial charge is 0.368 e. The van der Waals surface area contributed by atoms with Crippen LogP contribution >= 0.6 is 0 Å². The Balaban J connectivity index is 3.25. The van der Waals surface area contributed by atoms with Crippen LogP contribution in [0.4, 0.5) is 19.1 Å². The molecule has 0 atom stereocenters. The molecular formula is C7H8F3N3. The standard InChI is InChI=1S/C7H8F3N3/c8-1-4-5(2-9)12-7(11)13-6(4)3-10/h1-3H2,(H2,11,12,13). The van der Waals surface area contributed by atoms with Crippen molar-refractivity contribution in [2.75, 3.05) is 5.73 Å². The van der Waals surface area contributed by atoms with Crippen molar-refractivity contribution in [1.29, 1.82) is 0 Å². The molecule has 0 spiro atoms. The third kappa shape index (κ3) is 1.88. The highest BCUT2D eigenvalue weighted by atomic mass is 19.1. The van der Waals surface area contributed by atoms with Crippen LogP contribution in [0.1, 0.15) is 17.0 Å². The van der Waals surface area contributed by atoms with Crippen LogP contribution in [0, 0.1) is 0 Å². The molecule has 0 radical (unpaired) electrons. The fraction of sp³-hybridized carbons (Fsp3) is 0.429. The summed E-state index contributed by atoms with van der Waals surface area (Å²) in [6.45, 7) is -2.93. The normalized spacial score (nSPS) is 10.4. The number of nitrogen functional groups attached to an aromatic ring is 1. The lowest BCUT2D eigenvalue weighted by molar-refractivity contribution is 0.424. The van der Waals surface area contributed by atoms with Gasteiger partial charge in [0.1, 0.15) is 20.0 Å². The van der Waals surface area contributed by atoms with Gasteiger partial charge in [-0.15, -0.1) is 0 Å². The topological polar surface area (TPSA) is 51.8 Å². The van der Waals surface area contributed by atoms with E-state index in [1.807, 2.05) is 0 Å². The van der Waals surface area contributed by atoms with Gasteiger partial charge in [-0.2, -0.15) is 0 Å². The van der Waals surface area contributed by atoms with Crippen molar-refractivity contribution in [2.45, 2.75) is 20.0 Å². The van der Waals surface area contributed by atoms with E-state index in [1.54, 1.807) is 0 Å². The third-order valence-corrected chi connectivity index (χ3v) is 1.58. The number of anilines is 1. The van der Waals surface area contributed by atoms with Crippen LogP contribution in [0.3, 0.4) is 0 Å². The molecule has 0 bridgehead atoms.